The van der Waals surface area contributed by atoms with Crippen LogP contribution in [0.25, 0.3) is 11.1 Å². The third kappa shape index (κ3) is 2.80. The molecule has 1 unspecified atom stereocenters. The van der Waals surface area contributed by atoms with Gasteiger partial charge in [-0.05, 0) is 53.5 Å². The average molecular weight is 341 g/mol. The van der Waals surface area contributed by atoms with Gasteiger partial charge in [-0.3, -0.25) is 4.99 Å². The first-order chi connectivity index (χ1) is 12.7. The van der Waals surface area contributed by atoms with Gasteiger partial charge < -0.3 is 4.74 Å². The van der Waals surface area contributed by atoms with Crippen LogP contribution < -0.4 is 4.74 Å². The topological polar surface area (TPSA) is 47.4 Å². The number of nitrogens with zero attached hydrogens (tertiary/aromatic N) is 3. The first-order valence-corrected chi connectivity index (χ1v) is 8.46. The molecule has 4 heteroatoms. The van der Waals surface area contributed by atoms with E-state index in [1.54, 1.807) is 13.4 Å². The molecule has 1 aliphatic heterocycles. The lowest BCUT2D eigenvalue weighted by atomic mass is 9.82. The zero-order valence-electron chi connectivity index (χ0n) is 14.8. The highest BCUT2D eigenvalue weighted by atomic mass is 16.5. The summed E-state index contributed by atoms with van der Waals surface area (Å²) < 4.78 is 5.30. The molecule has 2 heterocycles. The molecular weight excluding hydrogens is 322 g/mol. The average Bonchev–Trinajstić information content (AvgIpc) is 3.12. The molecule has 0 N–H and O–H groups in total. The van der Waals surface area contributed by atoms with Crippen LogP contribution in [0.15, 0.2) is 83.9 Å². The van der Waals surface area contributed by atoms with Crippen molar-refractivity contribution < 1.29 is 4.74 Å². The lowest BCUT2D eigenvalue weighted by Gasteiger charge is -2.26. The van der Waals surface area contributed by atoms with Crippen molar-refractivity contribution in [3.05, 3.63) is 90.0 Å². The molecule has 0 bridgehead atoms. The van der Waals surface area contributed by atoms with E-state index in [1.807, 2.05) is 30.7 Å². The molecule has 0 saturated heterocycles. The Balaban J connectivity index is 1.85. The molecule has 1 aromatic heterocycles. The lowest BCUT2D eigenvalue weighted by molar-refractivity contribution is 0.414. The van der Waals surface area contributed by atoms with Crippen LogP contribution in [0, 0.1) is 0 Å². The number of hydrogen-bond donors (Lipinski definition) is 0. The predicted octanol–water partition coefficient (Wildman–Crippen LogP) is 4.43. The van der Waals surface area contributed by atoms with E-state index in [4.69, 9.17) is 9.73 Å². The Morgan fingerprint density at radius 1 is 0.885 bits per heavy atom. The molecule has 0 aliphatic carbocycles. The van der Waals surface area contributed by atoms with Gasteiger partial charge in [-0.25, -0.2) is 9.97 Å². The van der Waals surface area contributed by atoms with Gasteiger partial charge in [-0.2, -0.15) is 0 Å². The minimum Gasteiger partial charge on any atom is -0.497 e. The van der Waals surface area contributed by atoms with Crippen molar-refractivity contribution in [1.29, 1.82) is 0 Å². The van der Waals surface area contributed by atoms with E-state index in [-0.39, 0.29) is 0 Å². The fraction of sp³-hybridized carbons (Fsp3) is 0.136. The van der Waals surface area contributed by atoms with Crippen molar-refractivity contribution in [3.63, 3.8) is 0 Å². The van der Waals surface area contributed by atoms with Crippen LogP contribution in [-0.2, 0) is 5.54 Å². The van der Waals surface area contributed by atoms with Crippen molar-refractivity contribution >= 4 is 6.21 Å². The van der Waals surface area contributed by atoms with E-state index in [1.165, 1.54) is 0 Å². The Hall–Kier alpha value is -3.27. The molecule has 3 aromatic rings. The molecule has 0 fully saturated rings. The van der Waals surface area contributed by atoms with Crippen LogP contribution in [-0.4, -0.2) is 23.3 Å². The largest absolute Gasteiger partial charge is 0.497 e. The van der Waals surface area contributed by atoms with E-state index in [0.717, 1.165) is 33.6 Å². The summed E-state index contributed by atoms with van der Waals surface area (Å²) in [7, 11) is 1.67. The van der Waals surface area contributed by atoms with Gasteiger partial charge in [0.2, 0.25) is 0 Å². The van der Waals surface area contributed by atoms with Crippen LogP contribution in [0.4, 0.5) is 0 Å². The summed E-state index contributed by atoms with van der Waals surface area (Å²) in [5, 5.41) is 0. The van der Waals surface area contributed by atoms with Crippen LogP contribution in [0.1, 0.15) is 18.1 Å². The first kappa shape index (κ1) is 16.2. The van der Waals surface area contributed by atoms with Gasteiger partial charge >= 0.3 is 0 Å². The quantitative estimate of drug-likeness (QED) is 0.705. The number of aromatic nitrogens is 2. The molecule has 4 rings (SSSR count). The first-order valence-electron chi connectivity index (χ1n) is 8.46. The molecule has 0 saturated carbocycles. The third-order valence-electron chi connectivity index (χ3n) is 4.64. The zero-order chi connectivity index (χ0) is 18.0. The molecule has 2 aromatic carbocycles. The maximum atomic E-state index is 5.30. The second-order valence-electron chi connectivity index (χ2n) is 6.35. The van der Waals surface area contributed by atoms with E-state index < -0.39 is 5.54 Å². The number of methoxy groups -OCH3 is 1. The fourth-order valence-corrected chi connectivity index (χ4v) is 3.32. The van der Waals surface area contributed by atoms with Crippen LogP contribution in [0.5, 0.6) is 5.75 Å². The third-order valence-corrected chi connectivity index (χ3v) is 4.64. The second-order valence-corrected chi connectivity index (χ2v) is 6.35. The fourth-order valence-electron chi connectivity index (χ4n) is 3.32. The van der Waals surface area contributed by atoms with E-state index >= 15 is 0 Å². The van der Waals surface area contributed by atoms with E-state index in [9.17, 15) is 0 Å². The van der Waals surface area contributed by atoms with Gasteiger partial charge in [0, 0.05) is 24.2 Å². The number of rotatable bonds is 4. The van der Waals surface area contributed by atoms with Crippen LogP contribution in [0.3, 0.4) is 0 Å². The van der Waals surface area contributed by atoms with Crippen molar-refractivity contribution in [2.75, 3.05) is 7.11 Å². The number of aliphatic imine (C=N–C) groups is 1. The van der Waals surface area contributed by atoms with E-state index in [2.05, 4.69) is 59.4 Å². The van der Waals surface area contributed by atoms with Crippen molar-refractivity contribution in [2.45, 2.75) is 12.5 Å². The van der Waals surface area contributed by atoms with Crippen molar-refractivity contribution in [1.82, 2.24) is 9.97 Å². The SMILES string of the molecule is COc1ccc(C2(c3cccc(-c4cncnc4)c3)C=C(C)C=N2)cc1. The Bertz CT molecular complexity index is 978. The smallest absolute Gasteiger partial charge is 0.129 e. The maximum Gasteiger partial charge on any atom is 0.129 e. The highest BCUT2D eigenvalue weighted by Gasteiger charge is 2.34. The minimum atomic E-state index is -0.526. The molecule has 128 valence electrons. The second kappa shape index (κ2) is 6.56. The Labute approximate surface area is 152 Å². The van der Waals surface area contributed by atoms with Crippen LogP contribution in [0.2, 0.25) is 0 Å². The molecule has 1 atom stereocenters. The molecule has 0 spiro atoms. The summed E-state index contributed by atoms with van der Waals surface area (Å²) in [6.07, 6.45) is 9.33. The van der Waals surface area contributed by atoms with Crippen molar-refractivity contribution in [3.8, 4) is 16.9 Å². The normalized spacial score (nSPS) is 18.6. The molecule has 1 aliphatic rings. The summed E-state index contributed by atoms with van der Waals surface area (Å²) in [4.78, 5) is 13.1. The van der Waals surface area contributed by atoms with Gasteiger partial charge in [-0.1, -0.05) is 30.3 Å². The van der Waals surface area contributed by atoms with Gasteiger partial charge in [0.1, 0.15) is 17.6 Å². The Morgan fingerprint density at radius 2 is 1.65 bits per heavy atom. The standard InChI is InChI=1S/C22H19N3O/c1-16-11-22(25-12-16,19-6-8-21(26-2)9-7-19)20-5-3-4-17(10-20)18-13-23-15-24-14-18/h3-15H,1-2H3. The highest BCUT2D eigenvalue weighted by molar-refractivity contribution is 5.83. The Morgan fingerprint density at radius 3 is 2.31 bits per heavy atom. The predicted molar refractivity (Wildman–Crippen MR) is 103 cm³/mol. The zero-order valence-corrected chi connectivity index (χ0v) is 14.8. The molecule has 26 heavy (non-hydrogen) atoms. The van der Waals surface area contributed by atoms with Gasteiger partial charge in [0.25, 0.3) is 0 Å². The molecular formula is C22H19N3O. The van der Waals surface area contributed by atoms with Gasteiger partial charge in [-0.15, -0.1) is 0 Å². The maximum absolute atomic E-state index is 5.30. The molecule has 0 radical (unpaired) electrons. The highest BCUT2D eigenvalue weighted by Crippen LogP contribution is 2.40. The monoisotopic (exact) mass is 341 g/mol. The lowest BCUT2D eigenvalue weighted by Crippen LogP contribution is -2.21. The summed E-state index contributed by atoms with van der Waals surface area (Å²) in [5.74, 6) is 0.835. The number of benzene rings is 2. The summed E-state index contributed by atoms with van der Waals surface area (Å²) in [6, 6.07) is 16.5. The van der Waals surface area contributed by atoms with Gasteiger partial charge in [0.15, 0.2) is 0 Å². The summed E-state index contributed by atoms with van der Waals surface area (Å²) in [5.41, 5.74) is 4.90. The molecule has 0 amide bonds. The minimum absolute atomic E-state index is 0.526. The van der Waals surface area contributed by atoms with E-state index in [0.29, 0.717) is 0 Å². The number of hydrogen-bond acceptors (Lipinski definition) is 4. The number of ether oxygens (including phenoxy) is 1. The Kier molecular flexibility index (Phi) is 4.09. The molecule has 4 nitrogen and oxygen atoms in total. The summed E-state index contributed by atoms with van der Waals surface area (Å²) in [6.45, 7) is 2.07. The summed E-state index contributed by atoms with van der Waals surface area (Å²) >= 11 is 0. The van der Waals surface area contributed by atoms with Crippen molar-refractivity contribution in [2.24, 2.45) is 4.99 Å². The van der Waals surface area contributed by atoms with Crippen LogP contribution >= 0.6 is 0 Å². The number of allylic oxidation sites excluding steroid dienone is 1. The van der Waals surface area contributed by atoms with Gasteiger partial charge in [0.05, 0.1) is 7.11 Å².